The average Bonchev–Trinajstić information content (AvgIpc) is 2.66. The normalized spacial score (nSPS) is 25.8. The lowest BCUT2D eigenvalue weighted by atomic mass is 9.98. The second-order valence-electron chi connectivity index (χ2n) is 6.54. The van der Waals surface area contributed by atoms with Crippen LogP contribution in [0.5, 0.6) is 0 Å². The number of non-ortho nitro benzene ring substituents is 1. The third-order valence-electron chi connectivity index (χ3n) is 4.73. The average molecular weight is 368 g/mol. The fourth-order valence-electron chi connectivity index (χ4n) is 3.16. The van der Waals surface area contributed by atoms with Gasteiger partial charge in [-0.1, -0.05) is 0 Å². The summed E-state index contributed by atoms with van der Waals surface area (Å²) in [5.41, 5.74) is 0.427. The number of fused-ring (bicyclic) bond motifs is 1. The Hall–Kier alpha value is -2.49. The van der Waals surface area contributed by atoms with Gasteiger partial charge in [0.1, 0.15) is 18.0 Å². The molecule has 1 aromatic carbocycles. The minimum atomic E-state index is -3.66. The zero-order valence-corrected chi connectivity index (χ0v) is 14.4. The molecule has 0 radical (unpaired) electrons. The lowest BCUT2D eigenvalue weighted by Gasteiger charge is -2.36. The summed E-state index contributed by atoms with van der Waals surface area (Å²) in [6.07, 6.45) is -0.113. The van der Waals surface area contributed by atoms with E-state index in [-0.39, 0.29) is 18.7 Å². The van der Waals surface area contributed by atoms with Crippen LogP contribution in [0.15, 0.2) is 24.3 Å². The Labute approximate surface area is 143 Å². The number of nitro benzene ring substituents is 1. The van der Waals surface area contributed by atoms with Gasteiger partial charge in [-0.15, -0.1) is 0 Å². The van der Waals surface area contributed by atoms with Crippen LogP contribution in [-0.4, -0.2) is 46.3 Å². The van der Waals surface area contributed by atoms with Crippen LogP contribution in [0.1, 0.15) is 25.8 Å². The van der Waals surface area contributed by atoms with Crippen LogP contribution < -0.4 is 0 Å². The molecule has 0 saturated carbocycles. The molecule has 9 nitrogen and oxygen atoms in total. The highest BCUT2D eigenvalue weighted by Gasteiger charge is 2.68. The molecule has 0 unspecified atom stereocenters. The van der Waals surface area contributed by atoms with E-state index in [2.05, 4.69) is 0 Å². The Kier molecular flexibility index (Phi) is 3.82. The third-order valence-corrected chi connectivity index (χ3v) is 7.53. The van der Waals surface area contributed by atoms with Crippen molar-refractivity contribution in [1.82, 2.24) is 4.90 Å². The van der Waals surface area contributed by atoms with E-state index >= 15 is 0 Å². The van der Waals surface area contributed by atoms with E-state index in [0.717, 1.165) is 4.90 Å². The summed E-state index contributed by atoms with van der Waals surface area (Å²) < 4.78 is 28.6. The molecule has 3 rings (SSSR count). The Bertz CT molecular complexity index is 860. The number of nitrogens with zero attached hydrogens (tertiary/aromatic N) is 2. The summed E-state index contributed by atoms with van der Waals surface area (Å²) >= 11 is 0. The zero-order chi connectivity index (χ0) is 18.6. The molecular formula is C15H16N2O7S. The summed E-state index contributed by atoms with van der Waals surface area (Å²) in [7, 11) is -3.66. The van der Waals surface area contributed by atoms with E-state index < -0.39 is 42.8 Å². The number of carbonyl (C=O) groups excluding carboxylic acids is 2. The first-order valence-electron chi connectivity index (χ1n) is 7.52. The van der Waals surface area contributed by atoms with Crippen LogP contribution in [0.4, 0.5) is 5.69 Å². The van der Waals surface area contributed by atoms with Crippen LogP contribution in [0.3, 0.4) is 0 Å². The van der Waals surface area contributed by atoms with Gasteiger partial charge in [0.15, 0.2) is 9.84 Å². The lowest BCUT2D eigenvalue weighted by molar-refractivity contribution is -0.384. The predicted octanol–water partition coefficient (Wildman–Crippen LogP) is 0.772. The summed E-state index contributed by atoms with van der Waals surface area (Å²) in [5, 5.41) is 9.65. The highest BCUT2D eigenvalue weighted by Crippen LogP contribution is 2.46. The number of hydrogen-bond acceptors (Lipinski definition) is 7. The van der Waals surface area contributed by atoms with E-state index in [1.807, 2.05) is 0 Å². The maximum atomic E-state index is 12.4. The molecule has 134 valence electrons. The molecule has 2 heterocycles. The van der Waals surface area contributed by atoms with Crippen LogP contribution in [0, 0.1) is 10.1 Å². The number of hydrogen-bond donors (Lipinski definition) is 0. The standard InChI is InChI=1S/C15H16N2O7S/c1-15(2)13(16-11(18)7-12(16)25(15,22)23)14(19)24-8-9-3-5-10(6-4-9)17(20)21/h3-6,12-13H,7-8H2,1-2H3/t12-,13+/m1/s1. The Morgan fingerprint density at radius 2 is 1.96 bits per heavy atom. The maximum absolute atomic E-state index is 12.4. The van der Waals surface area contributed by atoms with E-state index in [9.17, 15) is 28.1 Å². The number of amides is 1. The zero-order valence-electron chi connectivity index (χ0n) is 13.5. The van der Waals surface area contributed by atoms with E-state index in [0.29, 0.717) is 5.56 Å². The fourth-order valence-corrected chi connectivity index (χ4v) is 5.28. The molecular weight excluding hydrogens is 352 g/mol. The van der Waals surface area contributed by atoms with Crippen LogP contribution in [-0.2, 0) is 30.8 Å². The smallest absolute Gasteiger partial charge is 0.330 e. The van der Waals surface area contributed by atoms with Gasteiger partial charge in [-0.25, -0.2) is 13.2 Å². The number of esters is 1. The van der Waals surface area contributed by atoms with E-state index in [4.69, 9.17) is 4.74 Å². The van der Waals surface area contributed by atoms with Gasteiger partial charge in [0.25, 0.3) is 5.69 Å². The van der Waals surface area contributed by atoms with E-state index in [1.54, 1.807) is 0 Å². The highest BCUT2D eigenvalue weighted by molar-refractivity contribution is 7.93. The minimum Gasteiger partial charge on any atom is -0.459 e. The second-order valence-corrected chi connectivity index (χ2v) is 9.23. The first-order chi connectivity index (χ1) is 11.6. The molecule has 10 heteroatoms. The molecule has 2 aliphatic heterocycles. The van der Waals surface area contributed by atoms with Gasteiger partial charge in [0, 0.05) is 12.1 Å². The molecule has 0 N–H and O–H groups in total. The summed E-state index contributed by atoms with van der Waals surface area (Å²) in [5.74, 6) is -1.20. The quantitative estimate of drug-likeness (QED) is 0.333. The van der Waals surface area contributed by atoms with Gasteiger partial charge in [0.05, 0.1) is 16.1 Å². The monoisotopic (exact) mass is 368 g/mol. The molecule has 0 aromatic heterocycles. The Morgan fingerprint density at radius 3 is 2.48 bits per heavy atom. The van der Waals surface area contributed by atoms with Gasteiger partial charge in [-0.3, -0.25) is 14.9 Å². The number of rotatable bonds is 4. The van der Waals surface area contributed by atoms with Crippen molar-refractivity contribution in [2.45, 2.75) is 43.0 Å². The van der Waals surface area contributed by atoms with Crippen molar-refractivity contribution >= 4 is 27.4 Å². The molecule has 2 saturated heterocycles. The van der Waals surface area contributed by atoms with Crippen molar-refractivity contribution in [2.24, 2.45) is 0 Å². The minimum absolute atomic E-state index is 0.0906. The predicted molar refractivity (Wildman–Crippen MR) is 84.9 cm³/mol. The van der Waals surface area contributed by atoms with Gasteiger partial charge >= 0.3 is 5.97 Å². The summed E-state index contributed by atoms with van der Waals surface area (Å²) in [4.78, 5) is 35.4. The molecule has 1 amide bonds. The van der Waals surface area contributed by atoms with Crippen molar-refractivity contribution < 1.29 is 27.7 Å². The van der Waals surface area contributed by atoms with Gasteiger partial charge < -0.3 is 9.64 Å². The molecule has 2 fully saturated rings. The maximum Gasteiger partial charge on any atom is 0.330 e. The highest BCUT2D eigenvalue weighted by atomic mass is 32.2. The first kappa shape index (κ1) is 17.3. The van der Waals surface area contributed by atoms with Gasteiger partial charge in [0.2, 0.25) is 5.91 Å². The van der Waals surface area contributed by atoms with Crippen molar-refractivity contribution in [1.29, 1.82) is 0 Å². The third kappa shape index (κ3) is 2.48. The van der Waals surface area contributed by atoms with Gasteiger partial charge in [-0.05, 0) is 31.5 Å². The van der Waals surface area contributed by atoms with Crippen molar-refractivity contribution in [2.75, 3.05) is 0 Å². The molecule has 0 aliphatic carbocycles. The Morgan fingerprint density at radius 1 is 1.36 bits per heavy atom. The molecule has 0 bridgehead atoms. The number of nitro groups is 1. The van der Waals surface area contributed by atoms with Crippen molar-refractivity contribution in [3.63, 3.8) is 0 Å². The number of ether oxygens (including phenoxy) is 1. The van der Waals surface area contributed by atoms with Crippen molar-refractivity contribution in [3.05, 3.63) is 39.9 Å². The SMILES string of the molecule is CC1(C)[C@H](C(=O)OCc2ccc([N+](=O)[O-])cc2)N2C(=O)C[C@H]2S1(=O)=O. The molecule has 2 atom stereocenters. The van der Waals surface area contributed by atoms with Crippen LogP contribution >= 0.6 is 0 Å². The molecule has 25 heavy (non-hydrogen) atoms. The molecule has 2 aliphatic rings. The number of benzene rings is 1. The lowest BCUT2D eigenvalue weighted by Crippen LogP contribution is -2.57. The van der Waals surface area contributed by atoms with Crippen LogP contribution in [0.2, 0.25) is 0 Å². The van der Waals surface area contributed by atoms with Crippen LogP contribution in [0.25, 0.3) is 0 Å². The number of β-lactam (4-membered cyclic amide) rings is 1. The first-order valence-corrected chi connectivity index (χ1v) is 9.06. The Balaban J connectivity index is 1.74. The number of carbonyl (C=O) groups is 2. The fraction of sp³-hybridized carbons (Fsp3) is 0.467. The summed E-state index contributed by atoms with van der Waals surface area (Å²) in [6.45, 7) is 2.65. The summed E-state index contributed by atoms with van der Waals surface area (Å²) in [6, 6.07) is 4.25. The van der Waals surface area contributed by atoms with Crippen molar-refractivity contribution in [3.8, 4) is 0 Å². The second kappa shape index (κ2) is 5.51. The topological polar surface area (TPSA) is 124 Å². The molecule has 0 spiro atoms. The molecule has 1 aromatic rings. The van der Waals surface area contributed by atoms with E-state index in [1.165, 1.54) is 38.1 Å². The van der Waals surface area contributed by atoms with Gasteiger partial charge in [-0.2, -0.15) is 0 Å². The number of sulfone groups is 1. The largest absolute Gasteiger partial charge is 0.459 e.